The highest BCUT2D eigenvalue weighted by Gasteiger charge is 1.92. The summed E-state index contributed by atoms with van der Waals surface area (Å²) in [5.74, 6) is 0.898. The van der Waals surface area contributed by atoms with E-state index >= 15 is 0 Å². The van der Waals surface area contributed by atoms with Gasteiger partial charge in [0.1, 0.15) is 5.75 Å². The zero-order valence-corrected chi connectivity index (χ0v) is 11.8. The smallest absolute Gasteiger partial charge is 0.119 e. The second-order valence-electron chi connectivity index (χ2n) is 4.41. The zero-order chi connectivity index (χ0) is 14.0. The SMILES string of the molecule is CCOc1ccc(C=COCCc2ccccc2)cc1. The molecule has 2 nitrogen and oxygen atoms in total. The first-order valence-electron chi connectivity index (χ1n) is 6.93. The van der Waals surface area contributed by atoms with Crippen molar-refractivity contribution in [3.8, 4) is 5.75 Å². The molecule has 0 saturated heterocycles. The lowest BCUT2D eigenvalue weighted by molar-refractivity contribution is 0.256. The fraction of sp³-hybridized carbons (Fsp3) is 0.222. The van der Waals surface area contributed by atoms with Gasteiger partial charge in [0.25, 0.3) is 0 Å². The molecule has 0 unspecified atom stereocenters. The summed E-state index contributed by atoms with van der Waals surface area (Å²) >= 11 is 0. The van der Waals surface area contributed by atoms with E-state index < -0.39 is 0 Å². The highest BCUT2D eigenvalue weighted by Crippen LogP contribution is 2.13. The van der Waals surface area contributed by atoms with Crippen LogP contribution in [0, 0.1) is 0 Å². The second kappa shape index (κ2) is 8.05. The molecule has 0 bridgehead atoms. The fourth-order valence-corrected chi connectivity index (χ4v) is 1.86. The van der Waals surface area contributed by atoms with Crippen molar-refractivity contribution in [2.75, 3.05) is 13.2 Å². The second-order valence-corrected chi connectivity index (χ2v) is 4.41. The number of ether oxygens (including phenoxy) is 2. The highest BCUT2D eigenvalue weighted by atomic mass is 16.5. The van der Waals surface area contributed by atoms with Gasteiger partial charge in [-0.3, -0.25) is 0 Å². The van der Waals surface area contributed by atoms with Crippen LogP contribution in [0.25, 0.3) is 6.08 Å². The van der Waals surface area contributed by atoms with Crippen LogP contribution in [0.3, 0.4) is 0 Å². The van der Waals surface area contributed by atoms with Crippen LogP contribution in [0.1, 0.15) is 18.1 Å². The van der Waals surface area contributed by atoms with E-state index in [4.69, 9.17) is 9.47 Å². The van der Waals surface area contributed by atoms with Crippen molar-refractivity contribution in [3.05, 3.63) is 72.0 Å². The Morgan fingerprint density at radius 2 is 1.70 bits per heavy atom. The lowest BCUT2D eigenvalue weighted by Gasteiger charge is -2.03. The minimum atomic E-state index is 0.692. The lowest BCUT2D eigenvalue weighted by atomic mass is 10.2. The van der Waals surface area contributed by atoms with Gasteiger partial charge in [-0.25, -0.2) is 0 Å². The first kappa shape index (κ1) is 14.2. The Hall–Kier alpha value is -2.22. The molecule has 0 saturated carbocycles. The van der Waals surface area contributed by atoms with Gasteiger partial charge < -0.3 is 9.47 Å². The molecule has 0 heterocycles. The van der Waals surface area contributed by atoms with Crippen LogP contribution in [0.4, 0.5) is 0 Å². The van der Waals surface area contributed by atoms with Gasteiger partial charge in [-0.2, -0.15) is 0 Å². The Morgan fingerprint density at radius 3 is 2.40 bits per heavy atom. The van der Waals surface area contributed by atoms with Crippen molar-refractivity contribution in [2.45, 2.75) is 13.3 Å². The summed E-state index contributed by atoms with van der Waals surface area (Å²) in [7, 11) is 0. The third-order valence-electron chi connectivity index (χ3n) is 2.90. The standard InChI is InChI=1S/C18H20O2/c1-2-20-18-10-8-17(9-11-18)13-15-19-14-12-16-6-4-3-5-7-16/h3-11,13,15H,2,12,14H2,1H3. The molecule has 2 aromatic carbocycles. The molecule has 0 aliphatic heterocycles. The maximum absolute atomic E-state index is 5.51. The minimum absolute atomic E-state index is 0.692. The van der Waals surface area contributed by atoms with Gasteiger partial charge in [-0.1, -0.05) is 42.5 Å². The van der Waals surface area contributed by atoms with E-state index in [9.17, 15) is 0 Å². The monoisotopic (exact) mass is 268 g/mol. The maximum Gasteiger partial charge on any atom is 0.119 e. The molecule has 104 valence electrons. The van der Waals surface area contributed by atoms with Crippen LogP contribution in [0.2, 0.25) is 0 Å². The molecule has 20 heavy (non-hydrogen) atoms. The van der Waals surface area contributed by atoms with E-state index in [1.165, 1.54) is 5.56 Å². The molecule has 2 aromatic rings. The van der Waals surface area contributed by atoms with E-state index in [1.54, 1.807) is 6.26 Å². The first-order valence-corrected chi connectivity index (χ1v) is 6.93. The average molecular weight is 268 g/mol. The van der Waals surface area contributed by atoms with E-state index in [0.717, 1.165) is 17.7 Å². The van der Waals surface area contributed by atoms with Gasteiger partial charge in [0.2, 0.25) is 0 Å². The number of rotatable bonds is 7. The molecule has 0 aliphatic carbocycles. The van der Waals surface area contributed by atoms with Crippen LogP contribution in [-0.2, 0) is 11.2 Å². The van der Waals surface area contributed by atoms with Crippen molar-refractivity contribution < 1.29 is 9.47 Å². The largest absolute Gasteiger partial charge is 0.501 e. The topological polar surface area (TPSA) is 18.5 Å². The molecule has 0 radical (unpaired) electrons. The van der Waals surface area contributed by atoms with Crippen molar-refractivity contribution in [1.29, 1.82) is 0 Å². The van der Waals surface area contributed by atoms with Gasteiger partial charge in [0.05, 0.1) is 19.5 Å². The molecular formula is C18H20O2. The predicted molar refractivity (Wildman–Crippen MR) is 82.7 cm³/mol. The lowest BCUT2D eigenvalue weighted by Crippen LogP contribution is -1.93. The molecule has 2 rings (SSSR count). The maximum atomic E-state index is 5.51. The summed E-state index contributed by atoms with van der Waals surface area (Å²) in [5, 5.41) is 0. The molecule has 0 aromatic heterocycles. The molecule has 0 spiro atoms. The van der Waals surface area contributed by atoms with Gasteiger partial charge in [-0.05, 0) is 36.3 Å². The molecule has 0 aliphatic rings. The van der Waals surface area contributed by atoms with Crippen molar-refractivity contribution >= 4 is 6.08 Å². The Kier molecular flexibility index (Phi) is 5.71. The first-order chi connectivity index (χ1) is 9.88. The Bertz CT molecular complexity index is 515. The normalized spacial score (nSPS) is 10.7. The van der Waals surface area contributed by atoms with E-state index in [2.05, 4.69) is 12.1 Å². The van der Waals surface area contributed by atoms with Crippen LogP contribution in [-0.4, -0.2) is 13.2 Å². The van der Waals surface area contributed by atoms with E-state index in [-0.39, 0.29) is 0 Å². The molecule has 0 amide bonds. The third kappa shape index (κ3) is 4.81. The van der Waals surface area contributed by atoms with Crippen LogP contribution in [0.15, 0.2) is 60.9 Å². The summed E-state index contributed by atoms with van der Waals surface area (Å²) in [6, 6.07) is 18.3. The molecule has 0 atom stereocenters. The Morgan fingerprint density at radius 1 is 0.950 bits per heavy atom. The zero-order valence-electron chi connectivity index (χ0n) is 11.8. The molecule has 0 N–H and O–H groups in total. The van der Waals surface area contributed by atoms with Gasteiger partial charge >= 0.3 is 0 Å². The number of hydrogen-bond acceptors (Lipinski definition) is 2. The fourth-order valence-electron chi connectivity index (χ4n) is 1.86. The van der Waals surface area contributed by atoms with Crippen molar-refractivity contribution in [2.24, 2.45) is 0 Å². The predicted octanol–water partition coefficient (Wildman–Crippen LogP) is 4.32. The van der Waals surface area contributed by atoms with Crippen LogP contribution >= 0.6 is 0 Å². The summed E-state index contributed by atoms with van der Waals surface area (Å²) in [6.07, 6.45) is 4.63. The van der Waals surface area contributed by atoms with Crippen molar-refractivity contribution in [1.82, 2.24) is 0 Å². The molecule has 2 heteroatoms. The number of hydrogen-bond donors (Lipinski definition) is 0. The average Bonchev–Trinajstić information content (AvgIpc) is 2.50. The van der Waals surface area contributed by atoms with Crippen molar-refractivity contribution in [3.63, 3.8) is 0 Å². The quantitative estimate of drug-likeness (QED) is 0.550. The van der Waals surface area contributed by atoms with E-state index in [1.807, 2.05) is 55.5 Å². The summed E-state index contributed by atoms with van der Waals surface area (Å²) in [6.45, 7) is 3.36. The van der Waals surface area contributed by atoms with Gasteiger partial charge in [0, 0.05) is 6.42 Å². The van der Waals surface area contributed by atoms with Gasteiger partial charge in [-0.15, -0.1) is 0 Å². The highest BCUT2D eigenvalue weighted by molar-refractivity contribution is 5.49. The Balaban J connectivity index is 1.73. The van der Waals surface area contributed by atoms with Gasteiger partial charge in [0.15, 0.2) is 0 Å². The third-order valence-corrected chi connectivity index (χ3v) is 2.90. The summed E-state index contributed by atoms with van der Waals surface area (Å²) < 4.78 is 10.9. The van der Waals surface area contributed by atoms with Crippen LogP contribution in [0.5, 0.6) is 5.75 Å². The summed E-state index contributed by atoms with van der Waals surface area (Å²) in [4.78, 5) is 0. The number of benzene rings is 2. The van der Waals surface area contributed by atoms with E-state index in [0.29, 0.717) is 13.2 Å². The Labute approximate surface area is 120 Å². The minimum Gasteiger partial charge on any atom is -0.501 e. The molecular weight excluding hydrogens is 248 g/mol. The van der Waals surface area contributed by atoms with Crippen LogP contribution < -0.4 is 4.74 Å². The summed E-state index contributed by atoms with van der Waals surface area (Å²) in [5.41, 5.74) is 2.40. The molecule has 0 fully saturated rings.